The van der Waals surface area contributed by atoms with Crippen LogP contribution in [0.1, 0.15) is 16.8 Å². The van der Waals surface area contributed by atoms with Crippen molar-refractivity contribution in [3.8, 4) is 17.5 Å². The molecule has 0 radical (unpaired) electrons. The van der Waals surface area contributed by atoms with Crippen molar-refractivity contribution in [2.75, 3.05) is 21.2 Å². The molecule has 0 fully saturated rings. The lowest BCUT2D eigenvalue weighted by Crippen LogP contribution is -2.08. The standard InChI is InChI=1S/C16H18BrN5O/c1-10-6-7-13(23-5)11(2)14(10)22-15(19-9-21(3)4)12(8-18)20-16(22)17/h6-7,9H,1-5H3. The highest BCUT2D eigenvalue weighted by atomic mass is 79.9. The predicted octanol–water partition coefficient (Wildman–Crippen LogP) is 3.35. The normalized spacial score (nSPS) is 10.8. The summed E-state index contributed by atoms with van der Waals surface area (Å²) >= 11 is 3.44. The van der Waals surface area contributed by atoms with Crippen molar-refractivity contribution in [1.29, 1.82) is 5.26 Å². The third kappa shape index (κ3) is 3.22. The molecule has 0 aliphatic heterocycles. The topological polar surface area (TPSA) is 66.4 Å². The van der Waals surface area contributed by atoms with Gasteiger partial charge in [-0.1, -0.05) is 6.07 Å². The highest BCUT2D eigenvalue weighted by Crippen LogP contribution is 2.35. The van der Waals surface area contributed by atoms with Gasteiger partial charge in [-0.15, -0.1) is 0 Å². The second-order valence-corrected chi connectivity index (χ2v) is 5.98. The molecule has 1 aromatic heterocycles. The monoisotopic (exact) mass is 375 g/mol. The van der Waals surface area contributed by atoms with Crippen molar-refractivity contribution < 1.29 is 4.74 Å². The molecule has 23 heavy (non-hydrogen) atoms. The van der Waals surface area contributed by atoms with Gasteiger partial charge in [-0.05, 0) is 41.4 Å². The highest BCUT2D eigenvalue weighted by Gasteiger charge is 2.20. The molecule has 0 aliphatic carbocycles. The number of imidazole rings is 1. The van der Waals surface area contributed by atoms with Gasteiger partial charge in [0.05, 0.1) is 19.1 Å². The zero-order valence-corrected chi connectivity index (χ0v) is 15.3. The van der Waals surface area contributed by atoms with Crippen LogP contribution in [0.2, 0.25) is 0 Å². The molecule has 0 unspecified atom stereocenters. The molecule has 1 heterocycles. The molecule has 7 heteroatoms. The van der Waals surface area contributed by atoms with Crippen molar-refractivity contribution in [3.05, 3.63) is 33.7 Å². The molecule has 0 N–H and O–H groups in total. The number of halogens is 1. The van der Waals surface area contributed by atoms with Gasteiger partial charge in [0.15, 0.2) is 16.2 Å². The molecular weight excluding hydrogens is 358 g/mol. The van der Waals surface area contributed by atoms with E-state index in [0.717, 1.165) is 22.6 Å². The number of aliphatic imine (C=N–C) groups is 1. The van der Waals surface area contributed by atoms with Gasteiger partial charge in [-0.3, -0.25) is 4.57 Å². The number of hydrogen-bond donors (Lipinski definition) is 0. The van der Waals surface area contributed by atoms with Crippen molar-refractivity contribution in [1.82, 2.24) is 14.5 Å². The summed E-state index contributed by atoms with van der Waals surface area (Å²) < 4.78 is 7.76. The fourth-order valence-electron chi connectivity index (χ4n) is 2.33. The summed E-state index contributed by atoms with van der Waals surface area (Å²) in [4.78, 5) is 10.5. The zero-order chi connectivity index (χ0) is 17.1. The largest absolute Gasteiger partial charge is 0.496 e. The Morgan fingerprint density at radius 3 is 2.65 bits per heavy atom. The maximum Gasteiger partial charge on any atom is 0.186 e. The summed E-state index contributed by atoms with van der Waals surface area (Å²) in [6.07, 6.45) is 1.64. The van der Waals surface area contributed by atoms with Gasteiger partial charge in [0, 0.05) is 19.7 Å². The Balaban J connectivity index is 2.79. The number of methoxy groups -OCH3 is 1. The highest BCUT2D eigenvalue weighted by molar-refractivity contribution is 9.10. The first-order valence-corrected chi connectivity index (χ1v) is 7.73. The first kappa shape index (κ1) is 17.0. The van der Waals surface area contributed by atoms with Gasteiger partial charge in [-0.25, -0.2) is 9.98 Å². The summed E-state index contributed by atoms with van der Waals surface area (Å²) in [6.45, 7) is 3.97. The van der Waals surface area contributed by atoms with Crippen molar-refractivity contribution in [2.24, 2.45) is 4.99 Å². The minimum absolute atomic E-state index is 0.261. The van der Waals surface area contributed by atoms with E-state index in [0.29, 0.717) is 10.6 Å². The number of nitrogens with zero attached hydrogens (tertiary/aromatic N) is 5. The Morgan fingerprint density at radius 1 is 1.39 bits per heavy atom. The van der Waals surface area contributed by atoms with E-state index in [1.807, 2.05) is 44.6 Å². The number of ether oxygens (including phenoxy) is 1. The minimum Gasteiger partial charge on any atom is -0.496 e. The fraction of sp³-hybridized carbons (Fsp3) is 0.312. The van der Waals surface area contributed by atoms with E-state index < -0.39 is 0 Å². The summed E-state index contributed by atoms with van der Waals surface area (Å²) in [7, 11) is 5.37. The number of hydrogen-bond acceptors (Lipinski definition) is 4. The van der Waals surface area contributed by atoms with Crippen molar-refractivity contribution in [3.63, 3.8) is 0 Å². The Labute approximate surface area is 144 Å². The van der Waals surface area contributed by atoms with E-state index in [4.69, 9.17) is 4.74 Å². The van der Waals surface area contributed by atoms with Crippen LogP contribution in [0.3, 0.4) is 0 Å². The number of nitriles is 1. The van der Waals surface area contributed by atoms with Gasteiger partial charge in [-0.2, -0.15) is 5.26 Å². The molecule has 0 amide bonds. The third-order valence-electron chi connectivity index (χ3n) is 3.36. The zero-order valence-electron chi connectivity index (χ0n) is 13.8. The maximum absolute atomic E-state index is 9.35. The average molecular weight is 376 g/mol. The molecule has 120 valence electrons. The van der Waals surface area contributed by atoms with Crippen LogP contribution in [0.4, 0.5) is 5.82 Å². The van der Waals surface area contributed by atoms with Crippen LogP contribution in [0.15, 0.2) is 21.9 Å². The van der Waals surface area contributed by atoms with Crippen LogP contribution in [0, 0.1) is 25.2 Å². The fourth-order valence-corrected chi connectivity index (χ4v) is 2.85. The Bertz CT molecular complexity index is 802. The van der Waals surface area contributed by atoms with Crippen LogP contribution in [-0.4, -0.2) is 42.0 Å². The number of benzene rings is 1. The van der Waals surface area contributed by atoms with Gasteiger partial charge in [0.1, 0.15) is 11.8 Å². The smallest absolute Gasteiger partial charge is 0.186 e. The van der Waals surface area contributed by atoms with Crippen molar-refractivity contribution >= 4 is 28.1 Å². The van der Waals surface area contributed by atoms with E-state index in [1.54, 1.807) is 18.3 Å². The van der Waals surface area contributed by atoms with Crippen LogP contribution in [0.25, 0.3) is 5.69 Å². The van der Waals surface area contributed by atoms with E-state index >= 15 is 0 Å². The molecule has 0 aliphatic rings. The molecule has 2 aromatic rings. The van der Waals surface area contributed by atoms with Gasteiger partial charge in [0.25, 0.3) is 0 Å². The molecule has 0 atom stereocenters. The summed E-state index contributed by atoms with van der Waals surface area (Å²) in [5.74, 6) is 1.25. The van der Waals surface area contributed by atoms with Crippen LogP contribution >= 0.6 is 15.9 Å². The second-order valence-electron chi connectivity index (χ2n) is 5.27. The Kier molecular flexibility index (Phi) is 5.06. The van der Waals surface area contributed by atoms with Gasteiger partial charge in [0.2, 0.25) is 0 Å². The minimum atomic E-state index is 0.261. The van der Waals surface area contributed by atoms with E-state index in [2.05, 4.69) is 32.0 Å². The van der Waals surface area contributed by atoms with Crippen LogP contribution in [-0.2, 0) is 0 Å². The Hall–Kier alpha value is -2.33. The average Bonchev–Trinajstić information content (AvgIpc) is 2.81. The summed E-state index contributed by atoms with van der Waals surface area (Å²) in [6, 6.07) is 5.99. The molecular formula is C16H18BrN5O. The SMILES string of the molecule is COc1ccc(C)c(-n2c(Br)nc(C#N)c2N=CN(C)C)c1C. The van der Waals surface area contributed by atoms with Gasteiger partial charge >= 0.3 is 0 Å². The lowest BCUT2D eigenvalue weighted by Gasteiger charge is -2.16. The van der Waals surface area contributed by atoms with Crippen molar-refractivity contribution in [2.45, 2.75) is 13.8 Å². The number of rotatable bonds is 4. The first-order valence-electron chi connectivity index (χ1n) is 6.94. The lowest BCUT2D eigenvalue weighted by molar-refractivity contribution is 0.411. The van der Waals surface area contributed by atoms with E-state index in [1.165, 1.54) is 0 Å². The molecule has 0 saturated heterocycles. The van der Waals surface area contributed by atoms with E-state index in [-0.39, 0.29) is 5.69 Å². The summed E-state index contributed by atoms with van der Waals surface area (Å²) in [5.41, 5.74) is 3.15. The molecule has 6 nitrogen and oxygen atoms in total. The maximum atomic E-state index is 9.35. The second kappa shape index (κ2) is 6.84. The third-order valence-corrected chi connectivity index (χ3v) is 3.89. The molecule has 1 aromatic carbocycles. The number of aryl methyl sites for hydroxylation is 1. The quantitative estimate of drug-likeness (QED) is 0.606. The summed E-state index contributed by atoms with van der Waals surface area (Å²) in [5, 5.41) is 9.35. The van der Waals surface area contributed by atoms with Crippen LogP contribution < -0.4 is 4.74 Å². The Morgan fingerprint density at radius 2 is 2.09 bits per heavy atom. The van der Waals surface area contributed by atoms with Gasteiger partial charge < -0.3 is 9.64 Å². The number of aromatic nitrogens is 2. The van der Waals surface area contributed by atoms with E-state index in [9.17, 15) is 5.26 Å². The lowest BCUT2D eigenvalue weighted by atomic mass is 10.1. The molecule has 0 saturated carbocycles. The predicted molar refractivity (Wildman–Crippen MR) is 93.8 cm³/mol. The molecule has 0 bridgehead atoms. The molecule has 0 spiro atoms. The first-order chi connectivity index (χ1) is 10.9. The van der Waals surface area contributed by atoms with Crippen LogP contribution in [0.5, 0.6) is 5.75 Å². The molecule has 2 rings (SSSR count).